The lowest BCUT2D eigenvalue weighted by atomic mass is 9.93. The van der Waals surface area contributed by atoms with Gasteiger partial charge >= 0.3 is 5.97 Å². The van der Waals surface area contributed by atoms with Crippen molar-refractivity contribution in [3.8, 4) is 0 Å². The summed E-state index contributed by atoms with van der Waals surface area (Å²) >= 11 is 0. The number of nitrogens with one attached hydrogen (secondary N) is 1. The molecule has 2 aliphatic heterocycles. The van der Waals surface area contributed by atoms with Crippen LogP contribution in [0.25, 0.3) is 0 Å². The Morgan fingerprint density at radius 1 is 1.06 bits per heavy atom. The number of fused-ring (bicyclic) bond motifs is 1. The molecule has 2 fully saturated rings. The molecule has 7 nitrogen and oxygen atoms in total. The summed E-state index contributed by atoms with van der Waals surface area (Å²) in [6.07, 6.45) is 10.8. The maximum atomic E-state index is 13.5. The van der Waals surface area contributed by atoms with Gasteiger partial charge in [0.15, 0.2) is 0 Å². The first-order valence-electron chi connectivity index (χ1n) is 13.1. The van der Waals surface area contributed by atoms with Gasteiger partial charge in [-0.2, -0.15) is 0 Å². The zero-order chi connectivity index (χ0) is 24.7. The van der Waals surface area contributed by atoms with Crippen LogP contribution in [0.3, 0.4) is 0 Å². The lowest BCUT2D eigenvalue weighted by Gasteiger charge is -2.31. The van der Waals surface area contributed by atoms with Crippen LogP contribution in [0, 0.1) is 11.8 Å². The molecular weight excluding hydrogens is 444 g/mol. The van der Waals surface area contributed by atoms with Crippen molar-refractivity contribution in [2.75, 3.05) is 19.8 Å². The number of hydrogen-bond acceptors (Lipinski definition) is 5. The van der Waals surface area contributed by atoms with Gasteiger partial charge in [0.05, 0.1) is 30.0 Å². The van der Waals surface area contributed by atoms with Crippen LogP contribution in [-0.4, -0.2) is 59.1 Å². The van der Waals surface area contributed by atoms with E-state index in [1.165, 1.54) is 0 Å². The van der Waals surface area contributed by atoms with Crippen molar-refractivity contribution in [1.29, 1.82) is 0 Å². The predicted octanol–water partition coefficient (Wildman–Crippen LogP) is 3.16. The molecule has 2 N–H and O–H groups in total. The fourth-order valence-electron chi connectivity index (χ4n) is 5.73. The monoisotopic (exact) mass is 482 g/mol. The molecule has 7 heteroatoms. The summed E-state index contributed by atoms with van der Waals surface area (Å²) in [5.74, 6) is -1.20. The summed E-state index contributed by atoms with van der Waals surface area (Å²) < 4.78 is 5.72. The molecule has 3 atom stereocenters. The van der Waals surface area contributed by atoms with Crippen LogP contribution < -0.4 is 5.32 Å². The van der Waals surface area contributed by atoms with E-state index in [1.54, 1.807) is 0 Å². The van der Waals surface area contributed by atoms with Gasteiger partial charge in [-0.1, -0.05) is 55.3 Å². The largest absolute Gasteiger partial charge is 0.463 e. The van der Waals surface area contributed by atoms with Gasteiger partial charge in [-0.25, -0.2) is 0 Å². The van der Waals surface area contributed by atoms with Crippen LogP contribution in [0.15, 0.2) is 42.5 Å². The average molecular weight is 483 g/mol. The number of ether oxygens (including phenoxy) is 1. The molecule has 1 saturated heterocycles. The van der Waals surface area contributed by atoms with Crippen LogP contribution >= 0.6 is 0 Å². The first-order valence-corrected chi connectivity index (χ1v) is 13.1. The number of hydrogen-bond donors (Lipinski definition) is 2. The fraction of sp³-hybridized carbons (Fsp3) is 0.607. The zero-order valence-electron chi connectivity index (χ0n) is 20.5. The number of carbonyl (C=O) groups is 3. The van der Waals surface area contributed by atoms with Crippen molar-refractivity contribution in [1.82, 2.24) is 10.2 Å². The molecule has 1 aliphatic carbocycles. The van der Waals surface area contributed by atoms with Gasteiger partial charge in [-0.15, -0.1) is 0 Å². The second-order valence-corrected chi connectivity index (χ2v) is 10.4. The summed E-state index contributed by atoms with van der Waals surface area (Å²) in [5, 5.41) is 12.9. The van der Waals surface area contributed by atoms with Crippen LogP contribution in [0.4, 0.5) is 0 Å². The molecule has 0 aromatic heterocycles. The van der Waals surface area contributed by atoms with Crippen molar-refractivity contribution in [3.63, 3.8) is 0 Å². The number of aliphatic hydroxyl groups excluding tert-OH is 1. The van der Waals surface area contributed by atoms with Gasteiger partial charge in [-0.05, 0) is 50.5 Å². The smallest absolute Gasteiger partial charge is 0.309 e. The van der Waals surface area contributed by atoms with Crippen molar-refractivity contribution in [2.45, 2.75) is 75.8 Å². The van der Waals surface area contributed by atoms with Crippen LogP contribution in [0.5, 0.6) is 0 Å². The van der Waals surface area contributed by atoms with E-state index in [0.29, 0.717) is 25.8 Å². The highest BCUT2D eigenvalue weighted by molar-refractivity contribution is 5.86. The van der Waals surface area contributed by atoms with Gasteiger partial charge in [0.1, 0.15) is 6.61 Å². The fourth-order valence-corrected chi connectivity index (χ4v) is 5.73. The first-order chi connectivity index (χ1) is 17.0. The Morgan fingerprint density at radius 3 is 2.49 bits per heavy atom. The molecule has 1 saturated carbocycles. The number of esters is 1. The molecule has 190 valence electrons. The summed E-state index contributed by atoms with van der Waals surface area (Å²) in [4.78, 5) is 41.1. The van der Waals surface area contributed by atoms with E-state index in [2.05, 4.69) is 5.32 Å². The minimum atomic E-state index is -0.545. The van der Waals surface area contributed by atoms with Crippen molar-refractivity contribution < 1.29 is 24.2 Å². The molecule has 3 aliphatic rings. The molecule has 0 unspecified atom stereocenters. The minimum Gasteiger partial charge on any atom is -0.463 e. The second kappa shape index (κ2) is 11.8. The normalized spacial score (nSPS) is 27.0. The van der Waals surface area contributed by atoms with E-state index in [9.17, 15) is 19.5 Å². The molecule has 1 aromatic rings. The first kappa shape index (κ1) is 25.4. The number of rotatable bonds is 6. The van der Waals surface area contributed by atoms with Gasteiger partial charge < -0.3 is 20.1 Å². The zero-order valence-corrected chi connectivity index (χ0v) is 20.5. The Hall–Kier alpha value is -2.67. The summed E-state index contributed by atoms with van der Waals surface area (Å²) in [7, 11) is 0. The maximum absolute atomic E-state index is 13.5. The van der Waals surface area contributed by atoms with Crippen LogP contribution in [0.1, 0.15) is 63.4 Å². The molecule has 0 spiro atoms. The molecular formula is C28H38N2O5. The number of cyclic esters (lactones) is 1. The summed E-state index contributed by atoms with van der Waals surface area (Å²) in [6, 6.07) is 9.79. The van der Waals surface area contributed by atoms with E-state index in [4.69, 9.17) is 4.74 Å². The predicted molar refractivity (Wildman–Crippen MR) is 132 cm³/mol. The number of amides is 2. The number of nitrogens with zero attached hydrogens (tertiary/aromatic N) is 1. The lowest BCUT2D eigenvalue weighted by molar-refractivity contribution is -0.152. The highest BCUT2D eigenvalue weighted by atomic mass is 16.5. The Labute approximate surface area is 207 Å². The van der Waals surface area contributed by atoms with Crippen LogP contribution in [0.2, 0.25) is 0 Å². The highest BCUT2D eigenvalue weighted by Crippen LogP contribution is 2.30. The maximum Gasteiger partial charge on any atom is 0.309 e. The number of carbonyl (C=O) groups excluding carboxylic acids is 3. The Kier molecular flexibility index (Phi) is 8.60. The van der Waals surface area contributed by atoms with E-state index < -0.39 is 11.5 Å². The quantitative estimate of drug-likeness (QED) is 0.480. The Morgan fingerprint density at radius 2 is 1.77 bits per heavy atom. The molecule has 0 bridgehead atoms. The Bertz CT molecular complexity index is 909. The van der Waals surface area contributed by atoms with Crippen LogP contribution in [-0.2, 0) is 25.5 Å². The third kappa shape index (κ3) is 6.51. The molecule has 0 radical (unpaired) electrons. The number of aliphatic hydroxyl groups is 1. The molecule has 2 heterocycles. The van der Waals surface area contributed by atoms with Crippen molar-refractivity contribution >= 4 is 17.8 Å². The lowest BCUT2D eigenvalue weighted by Crippen LogP contribution is -2.50. The van der Waals surface area contributed by atoms with Crippen molar-refractivity contribution in [2.24, 2.45) is 11.8 Å². The van der Waals surface area contributed by atoms with Crippen molar-refractivity contribution in [3.05, 3.63) is 48.0 Å². The molecule has 2 amide bonds. The molecule has 35 heavy (non-hydrogen) atoms. The SMILES string of the molecule is O=C(C[C@H]1CC=CC[C@H](Cc2ccccc2)C(=O)OC[C@@H]2CCCN2C1=O)NC1(CO)CCCC1. The third-order valence-electron chi connectivity index (χ3n) is 7.79. The number of benzene rings is 1. The second-order valence-electron chi connectivity index (χ2n) is 10.4. The summed E-state index contributed by atoms with van der Waals surface area (Å²) in [6.45, 7) is 0.753. The molecule has 4 rings (SSSR count). The third-order valence-corrected chi connectivity index (χ3v) is 7.79. The average Bonchev–Trinajstić information content (AvgIpc) is 3.53. The Balaban J connectivity index is 1.47. The van der Waals surface area contributed by atoms with Gasteiger partial charge in [0.25, 0.3) is 0 Å². The van der Waals surface area contributed by atoms with Gasteiger partial charge in [0.2, 0.25) is 11.8 Å². The van der Waals surface area contributed by atoms with E-state index >= 15 is 0 Å². The van der Waals surface area contributed by atoms with E-state index in [-0.39, 0.29) is 49.4 Å². The summed E-state index contributed by atoms with van der Waals surface area (Å²) in [5.41, 5.74) is 0.544. The topological polar surface area (TPSA) is 95.9 Å². The van der Waals surface area contributed by atoms with Gasteiger partial charge in [0, 0.05) is 13.0 Å². The highest BCUT2D eigenvalue weighted by Gasteiger charge is 2.38. The number of allylic oxidation sites excluding steroid dienone is 2. The minimum absolute atomic E-state index is 0.0470. The molecule has 1 aromatic carbocycles. The van der Waals surface area contributed by atoms with E-state index in [0.717, 1.165) is 44.1 Å². The standard InChI is InChI=1S/C28H38N2O5/c31-20-28(14-6-7-15-28)29-25(32)18-22-11-4-5-12-23(17-21-9-2-1-3-10-21)27(34)35-19-24-13-8-16-30(24)26(22)33/h1-5,9-10,22-24,31H,6-8,11-20H2,(H,29,32)/t22-,23-,24+/m1/s1. The van der Waals surface area contributed by atoms with Gasteiger partial charge in [-0.3, -0.25) is 14.4 Å². The van der Waals surface area contributed by atoms with E-state index in [1.807, 2.05) is 47.4 Å².